The maximum Gasteiger partial charge on any atom is 0.123 e. The number of rotatable bonds is 6. The molecule has 3 nitrogen and oxygen atoms in total. The van der Waals surface area contributed by atoms with Gasteiger partial charge in [0, 0.05) is 11.6 Å². The van der Waals surface area contributed by atoms with Gasteiger partial charge in [-0.15, -0.1) is 0 Å². The summed E-state index contributed by atoms with van der Waals surface area (Å²) in [7, 11) is 1.74. The summed E-state index contributed by atoms with van der Waals surface area (Å²) in [5.74, 6) is 1.53. The molecule has 2 unspecified atom stereocenters. The highest BCUT2D eigenvalue weighted by Crippen LogP contribution is 2.39. The van der Waals surface area contributed by atoms with Crippen LogP contribution in [0.1, 0.15) is 43.9 Å². The molecule has 2 rings (SSSR count). The van der Waals surface area contributed by atoms with Crippen LogP contribution in [0.25, 0.3) is 0 Å². The Morgan fingerprint density at radius 3 is 2.70 bits per heavy atom. The minimum Gasteiger partial charge on any atom is -0.496 e. The molecule has 20 heavy (non-hydrogen) atoms. The number of hydrogen-bond acceptors (Lipinski definition) is 3. The van der Waals surface area contributed by atoms with E-state index in [0.29, 0.717) is 5.92 Å². The molecule has 0 aliphatic heterocycles. The van der Waals surface area contributed by atoms with Crippen molar-refractivity contribution in [3.8, 4) is 5.75 Å². The summed E-state index contributed by atoms with van der Waals surface area (Å²) in [6.07, 6.45) is 3.51. The van der Waals surface area contributed by atoms with Crippen molar-refractivity contribution >= 4 is 0 Å². The van der Waals surface area contributed by atoms with E-state index >= 15 is 0 Å². The van der Waals surface area contributed by atoms with E-state index in [9.17, 15) is 0 Å². The van der Waals surface area contributed by atoms with Crippen molar-refractivity contribution in [2.24, 2.45) is 11.7 Å². The van der Waals surface area contributed by atoms with Crippen LogP contribution in [0.5, 0.6) is 5.75 Å². The maximum absolute atomic E-state index is 6.54. The molecule has 0 radical (unpaired) electrons. The minimum absolute atomic E-state index is 0.116. The summed E-state index contributed by atoms with van der Waals surface area (Å²) < 4.78 is 5.51. The van der Waals surface area contributed by atoms with Crippen molar-refractivity contribution in [1.82, 2.24) is 4.90 Å². The van der Waals surface area contributed by atoms with Gasteiger partial charge in [0.2, 0.25) is 0 Å². The van der Waals surface area contributed by atoms with E-state index in [1.807, 2.05) is 6.07 Å². The number of fused-ring (bicyclic) bond motifs is 1. The van der Waals surface area contributed by atoms with E-state index in [-0.39, 0.29) is 6.04 Å². The third-order valence-electron chi connectivity index (χ3n) is 4.71. The van der Waals surface area contributed by atoms with Crippen LogP contribution in [0.4, 0.5) is 0 Å². The van der Waals surface area contributed by atoms with E-state index in [4.69, 9.17) is 10.5 Å². The zero-order valence-corrected chi connectivity index (χ0v) is 13.1. The fraction of sp³-hybridized carbons (Fsp3) is 0.647. The zero-order valence-electron chi connectivity index (χ0n) is 13.1. The van der Waals surface area contributed by atoms with Crippen molar-refractivity contribution in [3.05, 3.63) is 29.3 Å². The van der Waals surface area contributed by atoms with Gasteiger partial charge in [-0.2, -0.15) is 0 Å². The van der Waals surface area contributed by atoms with Crippen LogP contribution in [0.15, 0.2) is 18.2 Å². The number of nitrogens with zero attached hydrogens (tertiary/aromatic N) is 1. The fourth-order valence-electron chi connectivity index (χ4n) is 3.33. The molecule has 0 bridgehead atoms. The van der Waals surface area contributed by atoms with E-state index in [1.54, 1.807) is 7.11 Å². The summed E-state index contributed by atoms with van der Waals surface area (Å²) >= 11 is 0. The minimum atomic E-state index is 0.116. The molecule has 1 aromatic carbocycles. The predicted molar refractivity (Wildman–Crippen MR) is 84.1 cm³/mol. The average Bonchev–Trinajstić information content (AvgIpc) is 2.49. The predicted octanol–water partition coefficient (Wildman–Crippen LogP) is 2.99. The van der Waals surface area contributed by atoms with Gasteiger partial charge < -0.3 is 15.4 Å². The van der Waals surface area contributed by atoms with Crippen molar-refractivity contribution < 1.29 is 4.74 Å². The summed E-state index contributed by atoms with van der Waals surface area (Å²) in [5, 5.41) is 0. The van der Waals surface area contributed by atoms with Crippen LogP contribution in [-0.2, 0) is 6.42 Å². The van der Waals surface area contributed by atoms with E-state index in [0.717, 1.165) is 31.8 Å². The first-order chi connectivity index (χ1) is 9.71. The molecule has 1 aromatic rings. The van der Waals surface area contributed by atoms with Gasteiger partial charge in [-0.1, -0.05) is 26.0 Å². The Kier molecular flexibility index (Phi) is 5.44. The largest absolute Gasteiger partial charge is 0.496 e. The topological polar surface area (TPSA) is 38.5 Å². The molecule has 1 aliphatic rings. The normalized spacial score (nSPS) is 21.9. The molecule has 0 saturated carbocycles. The first kappa shape index (κ1) is 15.3. The summed E-state index contributed by atoms with van der Waals surface area (Å²) in [6, 6.07) is 6.41. The summed E-state index contributed by atoms with van der Waals surface area (Å²) in [6.45, 7) is 7.85. The standard InChI is InChI=1S/C17H28N2O/c1-4-19(5-2)12-11-14-10-9-13-7-6-8-15(20-3)16(13)17(14)18/h6-8,14,17H,4-5,9-12,18H2,1-3H3. The Bertz CT molecular complexity index is 415. The second kappa shape index (κ2) is 7.09. The molecule has 112 valence electrons. The molecule has 0 aromatic heterocycles. The summed E-state index contributed by atoms with van der Waals surface area (Å²) in [4.78, 5) is 2.48. The van der Waals surface area contributed by atoms with Gasteiger partial charge in [-0.3, -0.25) is 0 Å². The van der Waals surface area contributed by atoms with Gasteiger partial charge in [-0.25, -0.2) is 0 Å². The lowest BCUT2D eigenvalue weighted by Crippen LogP contribution is -2.32. The first-order valence-electron chi connectivity index (χ1n) is 7.84. The monoisotopic (exact) mass is 276 g/mol. The quantitative estimate of drug-likeness (QED) is 0.868. The highest BCUT2D eigenvalue weighted by Gasteiger charge is 2.29. The Balaban J connectivity index is 2.08. The van der Waals surface area contributed by atoms with Crippen molar-refractivity contribution in [2.75, 3.05) is 26.7 Å². The third kappa shape index (κ3) is 3.15. The molecule has 0 amide bonds. The van der Waals surface area contributed by atoms with Crippen LogP contribution in [0.2, 0.25) is 0 Å². The summed E-state index contributed by atoms with van der Waals surface area (Å²) in [5.41, 5.74) is 9.15. The SMILES string of the molecule is CCN(CC)CCC1CCc2cccc(OC)c2C1N. The number of aryl methyl sites for hydroxylation is 1. The Morgan fingerprint density at radius 2 is 2.05 bits per heavy atom. The Labute approximate surface area is 123 Å². The van der Waals surface area contributed by atoms with Crippen LogP contribution >= 0.6 is 0 Å². The van der Waals surface area contributed by atoms with Gasteiger partial charge in [-0.05, 0) is 56.4 Å². The molecule has 0 saturated heterocycles. The average molecular weight is 276 g/mol. The maximum atomic E-state index is 6.54. The highest BCUT2D eigenvalue weighted by atomic mass is 16.5. The second-order valence-electron chi connectivity index (χ2n) is 5.67. The van der Waals surface area contributed by atoms with Gasteiger partial charge in [0.25, 0.3) is 0 Å². The van der Waals surface area contributed by atoms with Crippen LogP contribution in [0.3, 0.4) is 0 Å². The van der Waals surface area contributed by atoms with Crippen LogP contribution in [-0.4, -0.2) is 31.6 Å². The molecular weight excluding hydrogens is 248 g/mol. The van der Waals surface area contributed by atoms with E-state index in [1.165, 1.54) is 24.0 Å². The van der Waals surface area contributed by atoms with Gasteiger partial charge in [0.1, 0.15) is 5.75 Å². The number of benzene rings is 1. The number of nitrogens with two attached hydrogens (primary N) is 1. The lowest BCUT2D eigenvalue weighted by molar-refractivity contribution is 0.247. The lowest BCUT2D eigenvalue weighted by atomic mass is 9.78. The molecule has 3 heteroatoms. The van der Waals surface area contributed by atoms with Crippen molar-refractivity contribution in [3.63, 3.8) is 0 Å². The lowest BCUT2D eigenvalue weighted by Gasteiger charge is -2.33. The van der Waals surface area contributed by atoms with Gasteiger partial charge in [0.15, 0.2) is 0 Å². The first-order valence-corrected chi connectivity index (χ1v) is 7.84. The van der Waals surface area contributed by atoms with Crippen molar-refractivity contribution in [1.29, 1.82) is 0 Å². The molecule has 0 fully saturated rings. The van der Waals surface area contributed by atoms with Crippen LogP contribution < -0.4 is 10.5 Å². The second-order valence-corrected chi connectivity index (χ2v) is 5.67. The van der Waals surface area contributed by atoms with Gasteiger partial charge in [0.05, 0.1) is 7.11 Å². The van der Waals surface area contributed by atoms with Crippen molar-refractivity contribution in [2.45, 2.75) is 39.2 Å². The fourth-order valence-corrected chi connectivity index (χ4v) is 3.33. The van der Waals surface area contributed by atoms with Gasteiger partial charge >= 0.3 is 0 Å². The van der Waals surface area contributed by atoms with E-state index < -0.39 is 0 Å². The highest BCUT2D eigenvalue weighted by molar-refractivity contribution is 5.44. The molecule has 0 spiro atoms. The Morgan fingerprint density at radius 1 is 1.30 bits per heavy atom. The van der Waals surface area contributed by atoms with E-state index in [2.05, 4.69) is 30.9 Å². The molecule has 2 N–H and O–H groups in total. The molecular formula is C17H28N2O. The number of methoxy groups -OCH3 is 1. The zero-order chi connectivity index (χ0) is 14.5. The van der Waals surface area contributed by atoms with Crippen LogP contribution in [0, 0.1) is 5.92 Å². The third-order valence-corrected chi connectivity index (χ3v) is 4.71. The smallest absolute Gasteiger partial charge is 0.123 e. The Hall–Kier alpha value is -1.06. The molecule has 0 heterocycles. The molecule has 2 atom stereocenters. The number of ether oxygens (including phenoxy) is 1. The number of hydrogen-bond donors (Lipinski definition) is 1. The molecule has 1 aliphatic carbocycles.